The minimum Gasteiger partial charge on any atom is -0.507 e. The van der Waals surface area contributed by atoms with Crippen LogP contribution in [0.4, 0.5) is 0 Å². The van der Waals surface area contributed by atoms with Gasteiger partial charge in [0.05, 0.1) is 6.21 Å². The fourth-order valence-corrected chi connectivity index (χ4v) is 2.89. The highest BCUT2D eigenvalue weighted by Crippen LogP contribution is 2.25. The van der Waals surface area contributed by atoms with Crippen LogP contribution < -0.4 is 10.2 Å². The van der Waals surface area contributed by atoms with Gasteiger partial charge < -0.3 is 9.84 Å². The molecule has 0 radical (unpaired) electrons. The van der Waals surface area contributed by atoms with Crippen molar-refractivity contribution >= 4 is 34.5 Å². The van der Waals surface area contributed by atoms with Crippen LogP contribution in [-0.2, 0) is 4.79 Å². The largest absolute Gasteiger partial charge is 0.507 e. The van der Waals surface area contributed by atoms with Gasteiger partial charge in [0.25, 0.3) is 5.91 Å². The van der Waals surface area contributed by atoms with Gasteiger partial charge in [-0.25, -0.2) is 5.43 Å². The number of phenols is 1. The Bertz CT molecular complexity index is 1020. The van der Waals surface area contributed by atoms with Gasteiger partial charge in [0.15, 0.2) is 6.10 Å². The molecule has 0 spiro atoms. The zero-order valence-electron chi connectivity index (χ0n) is 14.9. The van der Waals surface area contributed by atoms with Gasteiger partial charge in [-0.05, 0) is 54.4 Å². The summed E-state index contributed by atoms with van der Waals surface area (Å²) in [5.74, 6) is 0.269. The van der Waals surface area contributed by atoms with Crippen LogP contribution in [0.15, 0.2) is 59.7 Å². The number of benzene rings is 3. The molecule has 6 heteroatoms. The minimum atomic E-state index is -0.747. The van der Waals surface area contributed by atoms with E-state index in [1.165, 1.54) is 6.21 Å². The van der Waals surface area contributed by atoms with Crippen molar-refractivity contribution in [1.29, 1.82) is 0 Å². The Morgan fingerprint density at radius 1 is 1.22 bits per heavy atom. The molecular formula is C21H19ClN2O3. The Balaban J connectivity index is 1.69. The molecule has 5 nitrogen and oxygen atoms in total. The summed E-state index contributed by atoms with van der Waals surface area (Å²) in [4.78, 5) is 12.2. The number of carbonyl (C=O) groups excluding carboxylic acids is 1. The van der Waals surface area contributed by atoms with Crippen LogP contribution in [0.2, 0.25) is 5.02 Å². The zero-order chi connectivity index (χ0) is 19.4. The van der Waals surface area contributed by atoms with Crippen LogP contribution in [0.5, 0.6) is 11.5 Å². The highest BCUT2D eigenvalue weighted by atomic mass is 35.5. The lowest BCUT2D eigenvalue weighted by molar-refractivity contribution is -0.127. The van der Waals surface area contributed by atoms with E-state index in [1.54, 1.807) is 31.2 Å². The second kappa shape index (κ2) is 8.10. The molecule has 0 saturated heterocycles. The first-order valence-corrected chi connectivity index (χ1v) is 8.80. The summed E-state index contributed by atoms with van der Waals surface area (Å²) < 4.78 is 5.66. The normalized spacial score (nSPS) is 12.3. The maximum absolute atomic E-state index is 12.2. The predicted molar refractivity (Wildman–Crippen MR) is 108 cm³/mol. The number of nitrogens with zero attached hydrogens (tertiary/aromatic N) is 1. The van der Waals surface area contributed by atoms with Crippen LogP contribution in [0.25, 0.3) is 10.8 Å². The molecule has 2 N–H and O–H groups in total. The number of rotatable bonds is 5. The lowest BCUT2D eigenvalue weighted by Crippen LogP contribution is -2.33. The summed E-state index contributed by atoms with van der Waals surface area (Å²) in [6.07, 6.45) is 0.679. The number of carbonyl (C=O) groups is 1. The van der Waals surface area contributed by atoms with Gasteiger partial charge in [0, 0.05) is 10.6 Å². The van der Waals surface area contributed by atoms with Crippen molar-refractivity contribution in [3.8, 4) is 11.5 Å². The van der Waals surface area contributed by atoms with Crippen molar-refractivity contribution in [1.82, 2.24) is 5.43 Å². The van der Waals surface area contributed by atoms with E-state index in [9.17, 15) is 9.90 Å². The molecule has 1 unspecified atom stereocenters. The second-order valence-electron chi connectivity index (χ2n) is 6.12. The summed E-state index contributed by atoms with van der Waals surface area (Å²) in [5, 5.41) is 16.5. The van der Waals surface area contributed by atoms with Crippen LogP contribution in [0, 0.1) is 6.92 Å². The summed E-state index contributed by atoms with van der Waals surface area (Å²) in [6, 6.07) is 16.2. The summed E-state index contributed by atoms with van der Waals surface area (Å²) in [6.45, 7) is 3.49. The highest BCUT2D eigenvalue weighted by molar-refractivity contribution is 6.30. The topological polar surface area (TPSA) is 70.9 Å². The predicted octanol–water partition coefficient (Wildman–Crippen LogP) is 4.42. The summed E-state index contributed by atoms with van der Waals surface area (Å²) >= 11 is 5.92. The van der Waals surface area contributed by atoms with E-state index in [1.807, 2.05) is 37.3 Å². The molecule has 1 atom stereocenters. The molecule has 138 valence electrons. The Morgan fingerprint density at radius 2 is 2.00 bits per heavy atom. The zero-order valence-corrected chi connectivity index (χ0v) is 15.7. The molecule has 3 aromatic carbocycles. The molecule has 0 bridgehead atoms. The van der Waals surface area contributed by atoms with Crippen LogP contribution in [0.3, 0.4) is 0 Å². The first-order valence-electron chi connectivity index (χ1n) is 8.42. The molecule has 0 fully saturated rings. The Hall–Kier alpha value is -3.05. The highest BCUT2D eigenvalue weighted by Gasteiger charge is 2.15. The SMILES string of the molecule is Cc1cc(Cl)ccc1OC(C)C(=O)N/N=C/c1c(O)ccc2ccccc12. The average Bonchev–Trinajstić information content (AvgIpc) is 2.65. The number of ether oxygens (including phenoxy) is 1. The number of amides is 1. The van der Waals surface area contributed by atoms with Gasteiger partial charge in [-0.1, -0.05) is 41.9 Å². The van der Waals surface area contributed by atoms with Crippen LogP contribution >= 0.6 is 11.6 Å². The quantitative estimate of drug-likeness (QED) is 0.506. The van der Waals surface area contributed by atoms with E-state index >= 15 is 0 Å². The number of fused-ring (bicyclic) bond motifs is 1. The van der Waals surface area contributed by atoms with Gasteiger partial charge in [0.2, 0.25) is 0 Å². The van der Waals surface area contributed by atoms with Crippen molar-refractivity contribution in [3.63, 3.8) is 0 Å². The molecule has 3 rings (SSSR count). The number of aryl methyl sites for hydroxylation is 1. The van der Waals surface area contributed by atoms with Crippen molar-refractivity contribution in [2.24, 2.45) is 5.10 Å². The van der Waals surface area contributed by atoms with E-state index in [2.05, 4.69) is 10.5 Å². The molecule has 1 amide bonds. The number of aromatic hydroxyl groups is 1. The third kappa shape index (κ3) is 4.38. The number of nitrogens with one attached hydrogen (secondary N) is 1. The third-order valence-corrected chi connectivity index (χ3v) is 4.36. The molecule has 3 aromatic rings. The van der Waals surface area contributed by atoms with E-state index in [0.717, 1.165) is 16.3 Å². The Labute approximate surface area is 162 Å². The van der Waals surface area contributed by atoms with Crippen molar-refractivity contribution in [2.75, 3.05) is 0 Å². The number of phenolic OH excluding ortho intramolecular Hbond substituents is 1. The van der Waals surface area contributed by atoms with E-state index < -0.39 is 12.0 Å². The lowest BCUT2D eigenvalue weighted by atomic mass is 10.0. The minimum absolute atomic E-state index is 0.0905. The lowest BCUT2D eigenvalue weighted by Gasteiger charge is -2.15. The van der Waals surface area contributed by atoms with Crippen LogP contribution in [-0.4, -0.2) is 23.3 Å². The van der Waals surface area contributed by atoms with Gasteiger partial charge in [-0.15, -0.1) is 0 Å². The van der Waals surface area contributed by atoms with Gasteiger partial charge >= 0.3 is 0 Å². The Kier molecular flexibility index (Phi) is 5.62. The van der Waals surface area contributed by atoms with E-state index in [0.29, 0.717) is 16.3 Å². The Morgan fingerprint density at radius 3 is 2.78 bits per heavy atom. The van der Waals surface area contributed by atoms with Crippen molar-refractivity contribution < 1.29 is 14.6 Å². The number of hydrogen-bond donors (Lipinski definition) is 2. The molecule has 0 heterocycles. The summed E-state index contributed by atoms with van der Waals surface area (Å²) in [5.41, 5.74) is 3.82. The average molecular weight is 383 g/mol. The van der Waals surface area contributed by atoms with Gasteiger partial charge in [-0.3, -0.25) is 4.79 Å². The molecule has 0 aliphatic heterocycles. The van der Waals surface area contributed by atoms with Crippen molar-refractivity contribution in [2.45, 2.75) is 20.0 Å². The number of halogens is 1. The van der Waals surface area contributed by atoms with Crippen LogP contribution in [0.1, 0.15) is 18.1 Å². The summed E-state index contributed by atoms with van der Waals surface area (Å²) in [7, 11) is 0. The number of hydrogen-bond acceptors (Lipinski definition) is 4. The maximum Gasteiger partial charge on any atom is 0.280 e. The molecule has 27 heavy (non-hydrogen) atoms. The van der Waals surface area contributed by atoms with Gasteiger partial charge in [0.1, 0.15) is 11.5 Å². The number of hydrazone groups is 1. The standard InChI is InChI=1S/C21H19ClN2O3/c1-13-11-16(22)8-10-20(13)27-14(2)21(26)24-23-12-18-17-6-4-3-5-15(17)7-9-19(18)25/h3-12,14,25H,1-2H3,(H,24,26)/b23-12+. The smallest absolute Gasteiger partial charge is 0.280 e. The van der Waals surface area contributed by atoms with Crippen molar-refractivity contribution in [3.05, 3.63) is 70.7 Å². The molecule has 0 aliphatic carbocycles. The third-order valence-electron chi connectivity index (χ3n) is 4.13. The van der Waals surface area contributed by atoms with E-state index in [4.69, 9.17) is 16.3 Å². The first-order chi connectivity index (χ1) is 13.0. The molecule has 0 saturated carbocycles. The molecule has 0 aromatic heterocycles. The second-order valence-corrected chi connectivity index (χ2v) is 6.56. The maximum atomic E-state index is 12.2. The van der Waals surface area contributed by atoms with E-state index in [-0.39, 0.29) is 5.75 Å². The molecule has 0 aliphatic rings. The monoisotopic (exact) mass is 382 g/mol. The first kappa shape index (κ1) is 18.7. The molecular weight excluding hydrogens is 364 g/mol. The van der Waals surface area contributed by atoms with Gasteiger partial charge in [-0.2, -0.15) is 5.10 Å². The fraction of sp³-hybridized carbons (Fsp3) is 0.143. The fourth-order valence-electron chi connectivity index (χ4n) is 2.66.